The minimum Gasteiger partial charge on any atom is -0.488 e. The molecule has 0 saturated carbocycles. The number of amides is 2. The summed E-state index contributed by atoms with van der Waals surface area (Å²) >= 11 is 0. The number of hydrogen-bond donors (Lipinski definition) is 2. The van der Waals surface area contributed by atoms with Crippen LogP contribution in [0, 0.1) is 5.92 Å². The molecule has 2 atom stereocenters. The summed E-state index contributed by atoms with van der Waals surface area (Å²) in [5, 5.41) is 5.31. The molecule has 0 aromatic heterocycles. The summed E-state index contributed by atoms with van der Waals surface area (Å²) in [4.78, 5) is 12.2. The first-order valence-electron chi connectivity index (χ1n) is 8.72. The molecule has 1 aliphatic heterocycles. The number of carbonyl (C=O) groups excluding carboxylic acids is 1. The Morgan fingerprint density at radius 2 is 1.77 bits per heavy atom. The third-order valence-corrected chi connectivity index (χ3v) is 7.48. The number of nitrogens with one attached hydrogen (secondary N) is 2. The molecule has 1 heterocycles. The molecule has 0 radical (unpaired) electrons. The van der Waals surface area contributed by atoms with E-state index in [1.165, 1.54) is 0 Å². The lowest BCUT2D eigenvalue weighted by molar-refractivity contribution is -0.137. The molecule has 1 fully saturated rings. The Hall–Kier alpha value is -2.06. The highest BCUT2D eigenvalue weighted by Crippen LogP contribution is 2.31. The van der Waals surface area contributed by atoms with Gasteiger partial charge in [0.1, 0.15) is 11.9 Å². The number of nitrogens with zero attached hydrogens (tertiary/aromatic N) is 1. The van der Waals surface area contributed by atoms with Crippen LogP contribution in [0.4, 0.5) is 18.0 Å². The summed E-state index contributed by atoms with van der Waals surface area (Å²) in [6.45, 7) is 0.904. The largest absolute Gasteiger partial charge is 0.488 e. The van der Waals surface area contributed by atoms with Crippen molar-refractivity contribution in [3.05, 3.63) is 29.8 Å². The van der Waals surface area contributed by atoms with Gasteiger partial charge < -0.3 is 15.4 Å². The van der Waals surface area contributed by atoms with E-state index in [0.717, 1.165) is 24.3 Å². The number of ether oxygens (including phenoxy) is 1. The number of alkyl halides is 3. The van der Waals surface area contributed by atoms with Gasteiger partial charge in [-0.25, -0.2) is 21.6 Å². The maximum absolute atomic E-state index is 12.7. The number of sulfonamides is 2. The molecule has 2 rings (SSSR count). The van der Waals surface area contributed by atoms with E-state index in [-0.39, 0.29) is 21.9 Å². The Morgan fingerprint density at radius 1 is 1.20 bits per heavy atom. The lowest BCUT2D eigenvalue weighted by Crippen LogP contribution is -2.49. The van der Waals surface area contributed by atoms with E-state index in [0.29, 0.717) is 32.0 Å². The highest BCUT2D eigenvalue weighted by Gasteiger charge is 2.35. The SMILES string of the molecule is CS(=O)(=O)N(C(=O)NC[C@@H](Oc1ccc(C(F)(F)F)cc1)C1CCNC1)S(C)(=O)=O. The number of hydrogen-bond acceptors (Lipinski definition) is 7. The molecular weight excluding hydrogens is 451 g/mol. The Labute approximate surface area is 172 Å². The van der Waals surface area contributed by atoms with Crippen molar-refractivity contribution >= 4 is 26.1 Å². The predicted octanol–water partition coefficient (Wildman–Crippen LogP) is 0.993. The van der Waals surface area contributed by atoms with Crippen LogP contribution in [0.2, 0.25) is 0 Å². The third-order valence-electron chi connectivity index (χ3n) is 4.32. The fourth-order valence-electron chi connectivity index (χ4n) is 3.00. The van der Waals surface area contributed by atoms with Gasteiger partial charge in [-0.05, 0) is 37.2 Å². The Kier molecular flexibility index (Phi) is 7.24. The molecule has 0 spiro atoms. The van der Waals surface area contributed by atoms with Gasteiger partial charge in [0.05, 0.1) is 24.6 Å². The molecule has 2 N–H and O–H groups in total. The number of rotatable bonds is 7. The van der Waals surface area contributed by atoms with Gasteiger partial charge in [0, 0.05) is 12.5 Å². The van der Waals surface area contributed by atoms with Crippen LogP contribution in [0.15, 0.2) is 24.3 Å². The number of halogens is 3. The van der Waals surface area contributed by atoms with Crippen LogP contribution in [0.25, 0.3) is 0 Å². The third kappa shape index (κ3) is 6.47. The van der Waals surface area contributed by atoms with Gasteiger partial charge in [-0.1, -0.05) is 0 Å². The fourth-order valence-corrected chi connectivity index (χ4v) is 5.69. The molecule has 1 saturated heterocycles. The van der Waals surface area contributed by atoms with E-state index in [4.69, 9.17) is 4.74 Å². The highest BCUT2D eigenvalue weighted by molar-refractivity contribution is 8.04. The van der Waals surface area contributed by atoms with Crippen molar-refractivity contribution < 1.29 is 39.5 Å². The van der Waals surface area contributed by atoms with Gasteiger partial charge in [-0.2, -0.15) is 13.2 Å². The molecule has 1 aromatic carbocycles. The summed E-state index contributed by atoms with van der Waals surface area (Å²) in [5.41, 5.74) is -0.848. The summed E-state index contributed by atoms with van der Waals surface area (Å²) < 4.78 is 90.3. The first-order chi connectivity index (χ1) is 13.7. The smallest absolute Gasteiger partial charge is 0.416 e. The number of benzene rings is 1. The second-order valence-electron chi connectivity index (χ2n) is 6.84. The van der Waals surface area contributed by atoms with Crippen molar-refractivity contribution in [2.24, 2.45) is 5.92 Å². The molecule has 1 aromatic rings. The van der Waals surface area contributed by atoms with Crippen LogP contribution in [0.1, 0.15) is 12.0 Å². The highest BCUT2D eigenvalue weighted by atomic mass is 32.3. The normalized spacial score (nSPS) is 18.6. The maximum atomic E-state index is 12.7. The zero-order chi connectivity index (χ0) is 22.7. The van der Waals surface area contributed by atoms with Gasteiger partial charge >= 0.3 is 12.2 Å². The summed E-state index contributed by atoms with van der Waals surface area (Å²) in [7, 11) is -8.79. The number of carbonyl (C=O) groups is 1. The van der Waals surface area contributed by atoms with Crippen molar-refractivity contribution in [1.82, 2.24) is 14.3 Å². The molecule has 0 bridgehead atoms. The van der Waals surface area contributed by atoms with Crippen LogP contribution in [0.5, 0.6) is 5.75 Å². The molecule has 2 amide bonds. The molecular formula is C16H22F3N3O6S2. The van der Waals surface area contributed by atoms with Gasteiger partial charge in [-0.3, -0.25) is 0 Å². The monoisotopic (exact) mass is 473 g/mol. The van der Waals surface area contributed by atoms with Crippen molar-refractivity contribution in [3.8, 4) is 5.75 Å². The Balaban J connectivity index is 2.15. The van der Waals surface area contributed by atoms with Crippen molar-refractivity contribution in [3.63, 3.8) is 0 Å². The second kappa shape index (κ2) is 8.98. The summed E-state index contributed by atoms with van der Waals surface area (Å²) in [5.74, 6) is -0.0188. The van der Waals surface area contributed by atoms with Gasteiger partial charge in [0.2, 0.25) is 20.0 Å². The molecule has 9 nitrogen and oxygen atoms in total. The minimum atomic E-state index is -4.50. The molecule has 14 heteroatoms. The molecule has 1 aliphatic rings. The summed E-state index contributed by atoms with van der Waals surface area (Å²) in [6, 6.07) is 2.62. The fraction of sp³-hybridized carbons (Fsp3) is 0.562. The quantitative estimate of drug-likeness (QED) is 0.606. The van der Waals surface area contributed by atoms with Crippen LogP contribution in [0.3, 0.4) is 0 Å². The zero-order valence-corrected chi connectivity index (χ0v) is 17.8. The van der Waals surface area contributed by atoms with Gasteiger partial charge in [-0.15, -0.1) is 3.71 Å². The lowest BCUT2D eigenvalue weighted by Gasteiger charge is -2.26. The Morgan fingerprint density at radius 3 is 2.20 bits per heavy atom. The standard InChI is InChI=1S/C16H22F3N3O6S2/c1-29(24,25)22(30(2,26)27)15(23)21-10-14(11-7-8-20-9-11)28-13-5-3-12(4-6-13)16(17,18)19/h3-6,11,14,20H,7-10H2,1-2H3,(H,21,23)/t11?,14-/m1/s1. The van der Waals surface area contributed by atoms with E-state index in [2.05, 4.69) is 10.6 Å². The van der Waals surface area contributed by atoms with Crippen LogP contribution >= 0.6 is 0 Å². The van der Waals surface area contributed by atoms with Crippen molar-refractivity contribution in [2.75, 3.05) is 32.1 Å². The number of urea groups is 1. The minimum absolute atomic E-state index is 0.122. The van der Waals surface area contributed by atoms with Gasteiger partial charge in [0.25, 0.3) is 0 Å². The van der Waals surface area contributed by atoms with E-state index in [1.54, 1.807) is 0 Å². The van der Waals surface area contributed by atoms with E-state index in [9.17, 15) is 34.8 Å². The first kappa shape index (κ1) is 24.2. The van der Waals surface area contributed by atoms with Crippen LogP contribution < -0.4 is 15.4 Å². The van der Waals surface area contributed by atoms with Crippen LogP contribution in [-0.4, -0.2) is 64.8 Å². The second-order valence-corrected chi connectivity index (χ2v) is 10.7. The molecule has 30 heavy (non-hydrogen) atoms. The first-order valence-corrected chi connectivity index (χ1v) is 12.4. The average molecular weight is 473 g/mol. The molecule has 170 valence electrons. The Bertz CT molecular complexity index is 927. The van der Waals surface area contributed by atoms with Crippen molar-refractivity contribution in [2.45, 2.75) is 18.7 Å². The molecule has 1 unspecified atom stereocenters. The van der Waals surface area contributed by atoms with E-state index in [1.807, 2.05) is 0 Å². The topological polar surface area (TPSA) is 122 Å². The van der Waals surface area contributed by atoms with Gasteiger partial charge in [0.15, 0.2) is 0 Å². The lowest BCUT2D eigenvalue weighted by atomic mass is 10.0. The summed E-state index contributed by atoms with van der Waals surface area (Å²) in [6.07, 6.45) is -3.44. The average Bonchev–Trinajstić information content (AvgIpc) is 3.10. The van der Waals surface area contributed by atoms with Crippen molar-refractivity contribution in [1.29, 1.82) is 0 Å². The van der Waals surface area contributed by atoms with E-state index >= 15 is 0 Å². The van der Waals surface area contributed by atoms with E-state index < -0.39 is 43.9 Å². The maximum Gasteiger partial charge on any atom is 0.416 e. The van der Waals surface area contributed by atoms with Crippen LogP contribution in [-0.2, 0) is 26.2 Å². The zero-order valence-electron chi connectivity index (χ0n) is 16.1. The molecule has 0 aliphatic carbocycles. The predicted molar refractivity (Wildman–Crippen MR) is 102 cm³/mol.